The van der Waals surface area contributed by atoms with E-state index in [1.165, 1.54) is 0 Å². The Labute approximate surface area is 121 Å². The largest absolute Gasteiger partial charge is 0.378 e. The summed E-state index contributed by atoms with van der Waals surface area (Å²) in [6.07, 6.45) is 3.28. The van der Waals surface area contributed by atoms with E-state index in [1.54, 1.807) is 0 Å². The van der Waals surface area contributed by atoms with Gasteiger partial charge in [-0.1, -0.05) is 13.8 Å². The Morgan fingerprint density at radius 1 is 1.40 bits per heavy atom. The molecule has 2 N–H and O–H groups in total. The zero-order chi connectivity index (χ0) is 14.6. The molecule has 1 amide bonds. The second-order valence-corrected chi connectivity index (χ2v) is 5.76. The lowest BCUT2D eigenvalue weighted by Crippen LogP contribution is -2.66. The zero-order valence-electron chi connectivity index (χ0n) is 12.9. The highest BCUT2D eigenvalue weighted by atomic mass is 16.5. The van der Waals surface area contributed by atoms with Crippen LogP contribution in [0.15, 0.2) is 0 Å². The van der Waals surface area contributed by atoms with E-state index in [2.05, 4.69) is 24.5 Å². The first kappa shape index (κ1) is 15.7. The summed E-state index contributed by atoms with van der Waals surface area (Å²) in [5.74, 6) is 0.0657. The number of nitrogens with one attached hydrogen (secondary N) is 2. The number of rotatable bonds is 6. The van der Waals surface area contributed by atoms with Crippen molar-refractivity contribution in [2.45, 2.75) is 58.2 Å². The molecule has 20 heavy (non-hydrogen) atoms. The van der Waals surface area contributed by atoms with Crippen LogP contribution in [0.4, 0.5) is 0 Å². The van der Waals surface area contributed by atoms with Crippen LogP contribution in [-0.4, -0.2) is 50.5 Å². The number of ether oxygens (including phenoxy) is 2. The smallest absolute Gasteiger partial charge is 0.239 e. The molecule has 0 spiro atoms. The predicted molar refractivity (Wildman–Crippen MR) is 77.6 cm³/mol. The standard InChI is InChI=1S/C15H28N2O3/c1-4-15(5-2)12(9-13(15)20-6-3)17-14(18)11-10-19-8-7-16-11/h11-13,16H,4-10H2,1-3H3,(H,17,18)/t11-,12-,13+/m0/s1. The van der Waals surface area contributed by atoms with Gasteiger partial charge in [0, 0.05) is 24.6 Å². The van der Waals surface area contributed by atoms with E-state index in [4.69, 9.17) is 9.47 Å². The van der Waals surface area contributed by atoms with Gasteiger partial charge in [0.15, 0.2) is 0 Å². The lowest BCUT2D eigenvalue weighted by molar-refractivity contribution is -0.150. The van der Waals surface area contributed by atoms with Crippen LogP contribution in [0.1, 0.15) is 40.0 Å². The first-order valence-electron chi connectivity index (χ1n) is 7.91. The number of hydrogen-bond acceptors (Lipinski definition) is 4. The molecule has 1 saturated carbocycles. The maximum atomic E-state index is 12.3. The van der Waals surface area contributed by atoms with Gasteiger partial charge < -0.3 is 20.1 Å². The molecule has 2 rings (SSSR count). The molecule has 1 aliphatic carbocycles. The minimum atomic E-state index is -0.207. The van der Waals surface area contributed by atoms with Gasteiger partial charge in [-0.3, -0.25) is 4.79 Å². The van der Waals surface area contributed by atoms with Crippen molar-refractivity contribution in [3.8, 4) is 0 Å². The van der Waals surface area contributed by atoms with Crippen LogP contribution >= 0.6 is 0 Å². The van der Waals surface area contributed by atoms with Crippen LogP contribution in [0.25, 0.3) is 0 Å². The quantitative estimate of drug-likeness (QED) is 0.766. The number of morpholine rings is 1. The van der Waals surface area contributed by atoms with Gasteiger partial charge >= 0.3 is 0 Å². The molecular weight excluding hydrogens is 256 g/mol. The molecule has 3 atom stereocenters. The van der Waals surface area contributed by atoms with Crippen molar-refractivity contribution in [1.82, 2.24) is 10.6 Å². The highest BCUT2D eigenvalue weighted by Gasteiger charge is 2.54. The highest BCUT2D eigenvalue weighted by Crippen LogP contribution is 2.48. The lowest BCUT2D eigenvalue weighted by Gasteiger charge is -2.55. The molecule has 116 valence electrons. The van der Waals surface area contributed by atoms with E-state index >= 15 is 0 Å². The maximum Gasteiger partial charge on any atom is 0.239 e. The molecule has 0 aromatic carbocycles. The summed E-state index contributed by atoms with van der Waals surface area (Å²) >= 11 is 0. The third-order valence-corrected chi connectivity index (χ3v) is 5.02. The first-order valence-corrected chi connectivity index (χ1v) is 7.91. The van der Waals surface area contributed by atoms with E-state index in [-0.39, 0.29) is 29.5 Å². The summed E-state index contributed by atoms with van der Waals surface area (Å²) in [6, 6.07) is 0.0200. The first-order chi connectivity index (χ1) is 9.67. The molecule has 2 aliphatic rings. The van der Waals surface area contributed by atoms with Crippen molar-refractivity contribution >= 4 is 5.91 Å². The molecule has 1 saturated heterocycles. The molecule has 0 unspecified atom stereocenters. The van der Waals surface area contributed by atoms with Gasteiger partial charge in [0.05, 0.1) is 19.3 Å². The van der Waals surface area contributed by atoms with E-state index in [0.717, 1.165) is 32.4 Å². The van der Waals surface area contributed by atoms with Crippen molar-refractivity contribution in [3.63, 3.8) is 0 Å². The van der Waals surface area contributed by atoms with Crippen LogP contribution in [0, 0.1) is 5.41 Å². The molecule has 1 aliphatic heterocycles. The van der Waals surface area contributed by atoms with Gasteiger partial charge in [-0.2, -0.15) is 0 Å². The Kier molecular flexibility index (Phi) is 5.41. The second kappa shape index (κ2) is 6.87. The van der Waals surface area contributed by atoms with Crippen LogP contribution in [0.3, 0.4) is 0 Å². The number of hydrogen-bond donors (Lipinski definition) is 2. The minimum absolute atomic E-state index is 0.0657. The van der Waals surface area contributed by atoms with Gasteiger partial charge in [-0.15, -0.1) is 0 Å². The Balaban J connectivity index is 1.93. The van der Waals surface area contributed by atoms with Gasteiger partial charge in [0.2, 0.25) is 5.91 Å². The Morgan fingerprint density at radius 3 is 2.70 bits per heavy atom. The fraction of sp³-hybridized carbons (Fsp3) is 0.933. The monoisotopic (exact) mass is 284 g/mol. The van der Waals surface area contributed by atoms with Crippen molar-refractivity contribution in [2.75, 3.05) is 26.4 Å². The van der Waals surface area contributed by atoms with E-state index in [1.807, 2.05) is 6.92 Å². The van der Waals surface area contributed by atoms with E-state index < -0.39 is 0 Å². The second-order valence-electron chi connectivity index (χ2n) is 5.76. The summed E-state index contributed by atoms with van der Waals surface area (Å²) in [5.41, 5.74) is 0.0984. The number of amides is 1. The van der Waals surface area contributed by atoms with Gasteiger partial charge in [-0.25, -0.2) is 0 Å². The summed E-state index contributed by atoms with van der Waals surface area (Å²) in [5, 5.41) is 6.41. The molecule has 2 fully saturated rings. The molecule has 0 bridgehead atoms. The normalized spacial score (nSPS) is 32.5. The van der Waals surface area contributed by atoms with Gasteiger partial charge in [0.25, 0.3) is 0 Å². The summed E-state index contributed by atoms with van der Waals surface area (Å²) in [7, 11) is 0. The molecule has 1 heterocycles. The third-order valence-electron chi connectivity index (χ3n) is 5.02. The maximum absolute atomic E-state index is 12.3. The van der Waals surface area contributed by atoms with Gasteiger partial charge in [-0.05, 0) is 26.2 Å². The zero-order valence-corrected chi connectivity index (χ0v) is 12.9. The van der Waals surface area contributed by atoms with Crippen LogP contribution < -0.4 is 10.6 Å². The van der Waals surface area contributed by atoms with E-state index in [0.29, 0.717) is 13.2 Å². The van der Waals surface area contributed by atoms with E-state index in [9.17, 15) is 4.79 Å². The predicted octanol–water partition coefficient (Wildman–Crippen LogP) is 1.07. The van der Waals surface area contributed by atoms with Crippen molar-refractivity contribution in [1.29, 1.82) is 0 Å². The van der Waals surface area contributed by atoms with Crippen molar-refractivity contribution < 1.29 is 14.3 Å². The molecule has 0 aromatic heterocycles. The van der Waals surface area contributed by atoms with Crippen LogP contribution in [-0.2, 0) is 14.3 Å². The SMILES string of the molecule is CCO[C@@H]1C[C@H](NC(=O)[C@@H]2COCCN2)C1(CC)CC. The fourth-order valence-electron chi connectivity index (χ4n) is 3.59. The number of carbonyl (C=O) groups is 1. The van der Waals surface area contributed by atoms with Crippen molar-refractivity contribution in [3.05, 3.63) is 0 Å². The average molecular weight is 284 g/mol. The minimum Gasteiger partial charge on any atom is -0.378 e. The summed E-state index contributed by atoms with van der Waals surface area (Å²) in [4.78, 5) is 12.3. The average Bonchev–Trinajstić information content (AvgIpc) is 2.48. The topological polar surface area (TPSA) is 59.6 Å². The van der Waals surface area contributed by atoms with Crippen LogP contribution in [0.5, 0.6) is 0 Å². The Bertz CT molecular complexity index is 325. The molecule has 0 radical (unpaired) electrons. The summed E-state index contributed by atoms with van der Waals surface area (Å²) in [6.45, 7) is 9.06. The Morgan fingerprint density at radius 2 is 2.15 bits per heavy atom. The highest BCUT2D eigenvalue weighted by molar-refractivity contribution is 5.82. The van der Waals surface area contributed by atoms with Gasteiger partial charge in [0.1, 0.15) is 6.04 Å². The third kappa shape index (κ3) is 2.85. The molecule has 5 heteroatoms. The lowest BCUT2D eigenvalue weighted by atomic mass is 9.58. The Hall–Kier alpha value is -0.650. The molecular formula is C15H28N2O3. The fourth-order valence-corrected chi connectivity index (χ4v) is 3.59. The number of carbonyl (C=O) groups excluding carboxylic acids is 1. The summed E-state index contributed by atoms with van der Waals surface area (Å²) < 4.78 is 11.2. The molecule has 5 nitrogen and oxygen atoms in total. The molecule has 0 aromatic rings. The van der Waals surface area contributed by atoms with Crippen molar-refractivity contribution in [2.24, 2.45) is 5.41 Å². The van der Waals surface area contributed by atoms with Crippen LogP contribution in [0.2, 0.25) is 0 Å².